The standard InChI is InChI=1S/C22H24ClN5O3S/c1-4-28(5-2)21(30)14-7-6-8-16(11-14)24-19(29)13-32-22-25-20(26-27-22)17-12-15(23)9-10-18(17)31-3/h6-12H,4-5,13H2,1-3H3,(H,24,29)(H,25,26,27). The molecule has 0 saturated heterocycles. The van der Waals surface area contributed by atoms with E-state index < -0.39 is 0 Å². The van der Waals surface area contributed by atoms with Gasteiger partial charge in [-0.2, -0.15) is 0 Å². The highest BCUT2D eigenvalue weighted by molar-refractivity contribution is 7.99. The molecule has 2 aromatic carbocycles. The number of rotatable bonds is 9. The van der Waals surface area contributed by atoms with Crippen LogP contribution in [0.3, 0.4) is 0 Å². The van der Waals surface area contributed by atoms with Crippen LogP contribution in [0.2, 0.25) is 5.02 Å². The lowest BCUT2D eigenvalue weighted by Crippen LogP contribution is -2.30. The number of hydrogen-bond donors (Lipinski definition) is 2. The molecule has 0 fully saturated rings. The summed E-state index contributed by atoms with van der Waals surface area (Å²) in [5, 5.41) is 10.8. The Balaban J connectivity index is 1.61. The zero-order valence-electron chi connectivity index (χ0n) is 18.0. The SMILES string of the molecule is CCN(CC)C(=O)c1cccc(NC(=O)CSc2n[nH]c(-c3cc(Cl)ccc3OC)n2)c1. The van der Waals surface area contributed by atoms with Crippen LogP contribution in [0.1, 0.15) is 24.2 Å². The predicted octanol–water partition coefficient (Wildman–Crippen LogP) is 4.35. The summed E-state index contributed by atoms with van der Waals surface area (Å²) in [6.07, 6.45) is 0. The van der Waals surface area contributed by atoms with Gasteiger partial charge in [0.25, 0.3) is 5.91 Å². The van der Waals surface area contributed by atoms with Crippen molar-refractivity contribution in [1.29, 1.82) is 0 Å². The number of H-pyrrole nitrogens is 1. The van der Waals surface area contributed by atoms with Crippen LogP contribution >= 0.6 is 23.4 Å². The lowest BCUT2D eigenvalue weighted by molar-refractivity contribution is -0.113. The van der Waals surface area contributed by atoms with E-state index in [4.69, 9.17) is 16.3 Å². The molecule has 8 nitrogen and oxygen atoms in total. The first-order chi connectivity index (χ1) is 15.4. The molecule has 0 bridgehead atoms. The molecular formula is C22H24ClN5O3S. The minimum absolute atomic E-state index is 0.0647. The lowest BCUT2D eigenvalue weighted by atomic mass is 10.1. The molecule has 168 valence electrons. The van der Waals surface area contributed by atoms with Crippen molar-refractivity contribution in [2.24, 2.45) is 0 Å². The molecule has 3 rings (SSSR count). The predicted molar refractivity (Wildman–Crippen MR) is 126 cm³/mol. The van der Waals surface area contributed by atoms with Crippen molar-refractivity contribution in [3.05, 3.63) is 53.1 Å². The van der Waals surface area contributed by atoms with E-state index in [1.807, 2.05) is 13.8 Å². The molecule has 2 N–H and O–H groups in total. The van der Waals surface area contributed by atoms with Gasteiger partial charge in [-0.25, -0.2) is 4.98 Å². The van der Waals surface area contributed by atoms with Crippen LogP contribution in [0.4, 0.5) is 5.69 Å². The first-order valence-electron chi connectivity index (χ1n) is 10.0. The Morgan fingerprint density at radius 2 is 1.97 bits per heavy atom. The summed E-state index contributed by atoms with van der Waals surface area (Å²) in [6, 6.07) is 12.1. The van der Waals surface area contributed by atoms with E-state index in [0.717, 1.165) is 0 Å². The van der Waals surface area contributed by atoms with Gasteiger partial charge in [0, 0.05) is 29.4 Å². The fourth-order valence-corrected chi connectivity index (χ4v) is 3.82. The molecule has 3 aromatic rings. The monoisotopic (exact) mass is 473 g/mol. The number of aromatic amines is 1. The number of ether oxygens (including phenoxy) is 1. The molecule has 0 unspecified atom stereocenters. The molecule has 32 heavy (non-hydrogen) atoms. The molecule has 2 amide bonds. The maximum absolute atomic E-state index is 12.5. The smallest absolute Gasteiger partial charge is 0.253 e. The molecule has 0 spiro atoms. The van der Waals surface area contributed by atoms with Crippen LogP contribution in [-0.2, 0) is 4.79 Å². The van der Waals surface area contributed by atoms with Crippen molar-refractivity contribution in [3.63, 3.8) is 0 Å². The fourth-order valence-electron chi connectivity index (χ4n) is 3.05. The number of halogens is 1. The number of aromatic nitrogens is 3. The van der Waals surface area contributed by atoms with Gasteiger partial charge in [-0.05, 0) is 50.2 Å². The Bertz CT molecular complexity index is 1100. The topological polar surface area (TPSA) is 100 Å². The summed E-state index contributed by atoms with van der Waals surface area (Å²) in [4.78, 5) is 31.1. The molecule has 10 heteroatoms. The molecule has 1 heterocycles. The first kappa shape index (κ1) is 23.6. The van der Waals surface area contributed by atoms with Crippen molar-refractivity contribution >= 4 is 40.9 Å². The number of nitrogens with one attached hydrogen (secondary N) is 2. The number of methoxy groups -OCH3 is 1. The third-order valence-corrected chi connectivity index (χ3v) is 5.74. The number of anilines is 1. The maximum Gasteiger partial charge on any atom is 0.253 e. The third kappa shape index (κ3) is 5.80. The van der Waals surface area contributed by atoms with Gasteiger partial charge in [-0.15, -0.1) is 5.10 Å². The normalized spacial score (nSPS) is 10.6. The second kappa shape index (κ2) is 11.0. The van der Waals surface area contributed by atoms with Crippen LogP contribution in [0, 0.1) is 0 Å². The fraction of sp³-hybridized carbons (Fsp3) is 0.273. The number of benzene rings is 2. The van der Waals surface area contributed by atoms with Crippen molar-refractivity contribution in [2.75, 3.05) is 31.3 Å². The lowest BCUT2D eigenvalue weighted by Gasteiger charge is -2.19. The molecule has 0 aliphatic heterocycles. The summed E-state index contributed by atoms with van der Waals surface area (Å²) in [5.41, 5.74) is 1.78. The average molecular weight is 474 g/mol. The number of hydrogen-bond acceptors (Lipinski definition) is 6. The van der Waals surface area contributed by atoms with Gasteiger partial charge >= 0.3 is 0 Å². The zero-order valence-corrected chi connectivity index (χ0v) is 19.6. The molecule has 1 aromatic heterocycles. The minimum Gasteiger partial charge on any atom is -0.496 e. The minimum atomic E-state index is -0.228. The Morgan fingerprint density at radius 1 is 1.19 bits per heavy atom. The van der Waals surface area contributed by atoms with E-state index in [1.54, 1.807) is 54.5 Å². The molecule has 0 aliphatic carbocycles. The summed E-state index contributed by atoms with van der Waals surface area (Å²) >= 11 is 7.26. The number of carbonyl (C=O) groups excluding carboxylic acids is 2. The Labute approximate surface area is 195 Å². The van der Waals surface area contributed by atoms with Crippen LogP contribution < -0.4 is 10.1 Å². The maximum atomic E-state index is 12.5. The van der Waals surface area contributed by atoms with E-state index >= 15 is 0 Å². The zero-order chi connectivity index (χ0) is 23.1. The quantitative estimate of drug-likeness (QED) is 0.448. The van der Waals surface area contributed by atoms with Gasteiger partial charge in [0.05, 0.1) is 18.4 Å². The first-order valence-corrected chi connectivity index (χ1v) is 11.4. The van der Waals surface area contributed by atoms with Crippen LogP contribution in [0.5, 0.6) is 5.75 Å². The average Bonchev–Trinajstić information content (AvgIpc) is 3.27. The van der Waals surface area contributed by atoms with E-state index in [2.05, 4.69) is 20.5 Å². The number of carbonyl (C=O) groups is 2. The van der Waals surface area contributed by atoms with Crippen LogP contribution in [0.15, 0.2) is 47.6 Å². The van der Waals surface area contributed by atoms with Crippen molar-refractivity contribution in [3.8, 4) is 17.1 Å². The number of thioether (sulfide) groups is 1. The van der Waals surface area contributed by atoms with Gasteiger partial charge in [0.2, 0.25) is 11.1 Å². The number of amides is 2. The van der Waals surface area contributed by atoms with Gasteiger partial charge in [0.1, 0.15) is 5.75 Å². The Hall–Kier alpha value is -3.04. The molecule has 0 aliphatic rings. The van der Waals surface area contributed by atoms with Crippen molar-refractivity contribution < 1.29 is 14.3 Å². The van der Waals surface area contributed by atoms with Crippen molar-refractivity contribution in [1.82, 2.24) is 20.1 Å². The van der Waals surface area contributed by atoms with Crippen LogP contribution in [-0.4, -0.2) is 57.8 Å². The summed E-state index contributed by atoms with van der Waals surface area (Å²) in [6.45, 7) is 5.12. The Kier molecular flexibility index (Phi) is 8.13. The van der Waals surface area contributed by atoms with Gasteiger partial charge in [0.15, 0.2) is 5.82 Å². The highest BCUT2D eigenvalue weighted by Crippen LogP contribution is 2.31. The molecule has 0 radical (unpaired) electrons. The van der Waals surface area contributed by atoms with E-state index in [-0.39, 0.29) is 17.6 Å². The largest absolute Gasteiger partial charge is 0.496 e. The van der Waals surface area contributed by atoms with Crippen LogP contribution in [0.25, 0.3) is 11.4 Å². The van der Waals surface area contributed by atoms with Crippen molar-refractivity contribution in [2.45, 2.75) is 19.0 Å². The van der Waals surface area contributed by atoms with E-state index in [1.165, 1.54) is 11.8 Å². The molecule has 0 atom stereocenters. The molecule has 0 saturated carbocycles. The second-order valence-corrected chi connectivity index (χ2v) is 8.09. The second-order valence-electron chi connectivity index (χ2n) is 6.71. The summed E-state index contributed by atoms with van der Waals surface area (Å²) in [7, 11) is 1.56. The van der Waals surface area contributed by atoms with Gasteiger partial charge in [-0.1, -0.05) is 29.4 Å². The molecular weight excluding hydrogens is 450 g/mol. The van der Waals surface area contributed by atoms with E-state index in [0.29, 0.717) is 51.7 Å². The van der Waals surface area contributed by atoms with E-state index in [9.17, 15) is 9.59 Å². The number of nitrogens with zero attached hydrogens (tertiary/aromatic N) is 3. The Morgan fingerprint density at radius 3 is 2.69 bits per heavy atom. The summed E-state index contributed by atoms with van der Waals surface area (Å²) < 4.78 is 5.34. The van der Waals surface area contributed by atoms with Gasteiger partial charge < -0.3 is 15.0 Å². The van der Waals surface area contributed by atoms with Gasteiger partial charge in [-0.3, -0.25) is 14.7 Å². The summed E-state index contributed by atoms with van der Waals surface area (Å²) in [5.74, 6) is 0.922. The third-order valence-electron chi connectivity index (χ3n) is 4.66. The highest BCUT2D eigenvalue weighted by atomic mass is 35.5. The highest BCUT2D eigenvalue weighted by Gasteiger charge is 2.15.